The number of carboxylic acids is 1. The molecule has 4 heterocycles. The monoisotopic (exact) mass is 497 g/mol. The van der Waals surface area contributed by atoms with E-state index in [0.29, 0.717) is 16.9 Å². The molecule has 0 bridgehead atoms. The van der Waals surface area contributed by atoms with Crippen LogP contribution in [0, 0.1) is 18.8 Å². The number of piperazine rings is 1. The molecule has 0 saturated carbocycles. The fourth-order valence-corrected chi connectivity index (χ4v) is 4.31. The Morgan fingerprint density at radius 2 is 2.08 bits per heavy atom. The lowest BCUT2D eigenvalue weighted by Gasteiger charge is -2.30. The number of ether oxygens (including phenoxy) is 1. The normalized spacial score (nSPS) is 17.7. The number of aryl methyl sites for hydroxylation is 1. The predicted octanol–water partition coefficient (Wildman–Crippen LogP) is 2.82. The molecule has 5 rings (SSSR count). The van der Waals surface area contributed by atoms with Gasteiger partial charge < -0.3 is 25.0 Å². The molecule has 0 spiro atoms. The Morgan fingerprint density at radius 1 is 1.27 bits per heavy atom. The largest absolute Gasteiger partial charge is 0.477 e. The topological polar surface area (TPSA) is 111 Å². The third-order valence-corrected chi connectivity index (χ3v) is 6.48. The summed E-state index contributed by atoms with van der Waals surface area (Å²) < 4.78 is 5.73. The Kier molecular flexibility index (Phi) is 6.77. The number of H-pyrrole nitrogens is 1. The van der Waals surface area contributed by atoms with Crippen molar-refractivity contribution in [1.82, 2.24) is 19.8 Å². The van der Waals surface area contributed by atoms with Crippen molar-refractivity contribution in [1.29, 1.82) is 0 Å². The minimum absolute atomic E-state index is 0.0753. The van der Waals surface area contributed by atoms with Crippen molar-refractivity contribution in [3.8, 4) is 11.8 Å². The lowest BCUT2D eigenvalue weighted by atomic mass is 10.1. The highest BCUT2D eigenvalue weighted by atomic mass is 16.5. The molecule has 2 aliphatic rings. The number of ketones is 1. The Labute approximate surface area is 214 Å². The first kappa shape index (κ1) is 24.3. The van der Waals surface area contributed by atoms with E-state index in [4.69, 9.17) is 4.74 Å². The highest BCUT2D eigenvalue weighted by molar-refractivity contribution is 6.26. The van der Waals surface area contributed by atoms with Gasteiger partial charge in [0.15, 0.2) is 11.3 Å². The minimum Gasteiger partial charge on any atom is -0.477 e. The summed E-state index contributed by atoms with van der Waals surface area (Å²) in [4.78, 5) is 36.7. The number of aliphatic carboxylic acids is 1. The molecule has 3 aromatic rings. The van der Waals surface area contributed by atoms with Crippen LogP contribution >= 0.6 is 0 Å². The Balaban J connectivity index is 1.32. The van der Waals surface area contributed by atoms with Gasteiger partial charge in [-0.1, -0.05) is 11.8 Å². The summed E-state index contributed by atoms with van der Waals surface area (Å²) in [5, 5.41) is 13.5. The number of allylic oxidation sites excluding steroid dienone is 1. The number of aromatic nitrogens is 2. The van der Waals surface area contributed by atoms with Crippen molar-refractivity contribution in [3.63, 3.8) is 0 Å². The van der Waals surface area contributed by atoms with Crippen molar-refractivity contribution >= 4 is 34.5 Å². The number of nitrogens with zero attached hydrogens (tertiary/aromatic N) is 3. The minimum atomic E-state index is -1.36. The van der Waals surface area contributed by atoms with Gasteiger partial charge in [-0.3, -0.25) is 9.69 Å². The molecular weight excluding hydrogens is 470 g/mol. The van der Waals surface area contributed by atoms with Crippen LogP contribution in [0.5, 0.6) is 0 Å². The number of benzene rings is 1. The van der Waals surface area contributed by atoms with E-state index >= 15 is 0 Å². The number of carbonyl (C=O) groups excluding carboxylic acids is 1. The maximum atomic E-state index is 12.9. The molecular formula is C28H27N5O4. The molecule has 0 amide bonds. The van der Waals surface area contributed by atoms with Crippen LogP contribution in [0.1, 0.15) is 16.7 Å². The molecule has 0 atom stereocenters. The first-order valence-electron chi connectivity index (χ1n) is 12.0. The van der Waals surface area contributed by atoms with Gasteiger partial charge >= 0.3 is 5.97 Å². The molecule has 37 heavy (non-hydrogen) atoms. The second-order valence-electron chi connectivity index (χ2n) is 9.13. The standard InChI is InChI=1S/C28H27N5O4/c1-18-15-19(5-4-10-33-13-11-32(2)12-14-33)7-8-22(18)31-27-24(28(35)36)25(34)23(37-27)16-20-17-30-26-21(20)6-3-9-29-26/h3,6-9,15-17,31H,10-14H2,1-2H3,(H,29,30)(H,35,36). The maximum absolute atomic E-state index is 12.9. The lowest BCUT2D eigenvalue weighted by molar-refractivity contribution is -0.134. The number of carboxylic acid groups (broad SMARTS) is 1. The number of anilines is 1. The van der Waals surface area contributed by atoms with Crippen LogP contribution in [-0.4, -0.2) is 76.4 Å². The van der Waals surface area contributed by atoms with Crippen molar-refractivity contribution < 1.29 is 19.4 Å². The first-order valence-corrected chi connectivity index (χ1v) is 12.0. The quantitative estimate of drug-likeness (QED) is 0.280. The van der Waals surface area contributed by atoms with Gasteiger partial charge in [-0.25, -0.2) is 9.78 Å². The van der Waals surface area contributed by atoms with E-state index in [1.54, 1.807) is 18.5 Å². The predicted molar refractivity (Wildman–Crippen MR) is 140 cm³/mol. The SMILES string of the molecule is Cc1cc(C#CCN2CCN(C)CC2)ccc1NC1=C(C(=O)O)C(=O)C(=Cc2c[nH]c3ncccc23)O1. The summed E-state index contributed by atoms with van der Waals surface area (Å²) in [5.74, 6) is 4.20. The van der Waals surface area contributed by atoms with E-state index in [1.807, 2.05) is 31.2 Å². The van der Waals surface area contributed by atoms with Gasteiger partial charge in [-0.05, 0) is 55.9 Å². The fourth-order valence-electron chi connectivity index (χ4n) is 4.31. The van der Waals surface area contributed by atoms with Crippen molar-refractivity contribution in [2.75, 3.05) is 45.1 Å². The molecule has 0 radical (unpaired) electrons. The highest BCUT2D eigenvalue weighted by Crippen LogP contribution is 2.30. The van der Waals surface area contributed by atoms with E-state index in [0.717, 1.165) is 49.2 Å². The van der Waals surface area contributed by atoms with Crippen molar-refractivity contribution in [2.24, 2.45) is 0 Å². The number of nitrogens with one attached hydrogen (secondary N) is 2. The number of likely N-dealkylation sites (N-methyl/N-ethyl adjacent to an activating group) is 1. The molecule has 2 aromatic heterocycles. The van der Waals surface area contributed by atoms with Gasteiger partial charge in [0, 0.05) is 60.8 Å². The molecule has 0 unspecified atom stereocenters. The number of rotatable bonds is 5. The van der Waals surface area contributed by atoms with E-state index in [-0.39, 0.29) is 11.6 Å². The summed E-state index contributed by atoms with van der Waals surface area (Å²) in [6.07, 6.45) is 4.87. The number of aromatic amines is 1. The van der Waals surface area contributed by atoms with Crippen molar-refractivity contribution in [3.05, 3.63) is 76.6 Å². The van der Waals surface area contributed by atoms with Crippen LogP contribution in [0.2, 0.25) is 0 Å². The molecule has 1 aromatic carbocycles. The smallest absolute Gasteiger partial charge is 0.345 e. The van der Waals surface area contributed by atoms with Gasteiger partial charge in [0.1, 0.15) is 5.65 Å². The van der Waals surface area contributed by atoms with Crippen LogP contribution < -0.4 is 5.32 Å². The van der Waals surface area contributed by atoms with E-state index in [9.17, 15) is 14.7 Å². The molecule has 1 fully saturated rings. The summed E-state index contributed by atoms with van der Waals surface area (Å²) >= 11 is 0. The summed E-state index contributed by atoms with van der Waals surface area (Å²) in [6.45, 7) is 6.74. The van der Waals surface area contributed by atoms with Crippen LogP contribution in [0.3, 0.4) is 0 Å². The molecule has 9 nitrogen and oxygen atoms in total. The number of hydrogen-bond acceptors (Lipinski definition) is 7. The highest BCUT2D eigenvalue weighted by Gasteiger charge is 2.36. The number of hydrogen-bond donors (Lipinski definition) is 3. The average Bonchev–Trinajstić information content (AvgIpc) is 3.42. The zero-order valence-electron chi connectivity index (χ0n) is 20.7. The van der Waals surface area contributed by atoms with E-state index < -0.39 is 17.3 Å². The number of fused-ring (bicyclic) bond motifs is 1. The van der Waals surface area contributed by atoms with E-state index in [2.05, 4.69) is 44.0 Å². The van der Waals surface area contributed by atoms with Crippen molar-refractivity contribution in [2.45, 2.75) is 6.92 Å². The van der Waals surface area contributed by atoms with Gasteiger partial charge in [0.05, 0.1) is 6.54 Å². The molecule has 9 heteroatoms. The fraction of sp³-hybridized carbons (Fsp3) is 0.250. The number of Topliss-reactive ketones (excluding diaryl/α,β-unsaturated/α-hetero) is 1. The van der Waals surface area contributed by atoms with Crippen LogP contribution in [-0.2, 0) is 14.3 Å². The second-order valence-corrected chi connectivity index (χ2v) is 9.13. The van der Waals surface area contributed by atoms with Crippen LogP contribution in [0.25, 0.3) is 17.1 Å². The van der Waals surface area contributed by atoms with Gasteiger partial charge in [0.2, 0.25) is 11.7 Å². The average molecular weight is 498 g/mol. The van der Waals surface area contributed by atoms with E-state index in [1.165, 1.54) is 6.08 Å². The summed E-state index contributed by atoms with van der Waals surface area (Å²) in [6, 6.07) is 9.23. The molecule has 3 N–H and O–H groups in total. The molecule has 188 valence electrons. The second kappa shape index (κ2) is 10.3. The molecule has 0 aliphatic carbocycles. The number of pyridine rings is 1. The zero-order valence-corrected chi connectivity index (χ0v) is 20.7. The number of carbonyl (C=O) groups is 2. The molecule has 1 saturated heterocycles. The third kappa shape index (κ3) is 5.26. The Hall–Kier alpha value is -4.39. The van der Waals surface area contributed by atoms with Gasteiger partial charge in [-0.2, -0.15) is 0 Å². The Morgan fingerprint density at radius 3 is 2.84 bits per heavy atom. The van der Waals surface area contributed by atoms with Gasteiger partial charge in [-0.15, -0.1) is 0 Å². The Bertz CT molecular complexity index is 1500. The van der Waals surface area contributed by atoms with Gasteiger partial charge in [0.25, 0.3) is 0 Å². The van der Waals surface area contributed by atoms with Crippen LogP contribution in [0.4, 0.5) is 5.69 Å². The summed E-state index contributed by atoms with van der Waals surface area (Å²) in [5.41, 5.74) is 3.23. The first-order chi connectivity index (χ1) is 17.9. The lowest BCUT2D eigenvalue weighted by Crippen LogP contribution is -2.44. The molecule has 2 aliphatic heterocycles. The third-order valence-electron chi connectivity index (χ3n) is 6.48. The maximum Gasteiger partial charge on any atom is 0.345 e. The van der Waals surface area contributed by atoms with Crippen LogP contribution in [0.15, 0.2) is 59.9 Å². The zero-order chi connectivity index (χ0) is 25.9. The summed E-state index contributed by atoms with van der Waals surface area (Å²) in [7, 11) is 2.13.